The van der Waals surface area contributed by atoms with Gasteiger partial charge in [0.05, 0.1) is 10.9 Å². The summed E-state index contributed by atoms with van der Waals surface area (Å²) in [6, 6.07) is 16.2. The summed E-state index contributed by atoms with van der Waals surface area (Å²) in [5, 5.41) is 1.46. The minimum Gasteiger partial charge on any atom is -0.285 e. The van der Waals surface area contributed by atoms with Crippen LogP contribution in [0.5, 0.6) is 0 Å². The third-order valence-electron chi connectivity index (χ3n) is 3.82. The van der Waals surface area contributed by atoms with Crippen molar-refractivity contribution >= 4 is 34.4 Å². The summed E-state index contributed by atoms with van der Waals surface area (Å²) in [5.74, 6) is 0.798. The van der Waals surface area contributed by atoms with Gasteiger partial charge in [0.15, 0.2) is 5.16 Å². The van der Waals surface area contributed by atoms with Crippen LogP contribution in [0.25, 0.3) is 10.9 Å². The SMILES string of the molecule is CSc1ccc(CSc2nc3ccccc3c(=O)n2C(C)C)cc1. The molecule has 0 atom stereocenters. The van der Waals surface area contributed by atoms with Crippen LogP contribution in [-0.4, -0.2) is 15.8 Å². The Morgan fingerprint density at radius 3 is 2.46 bits per heavy atom. The monoisotopic (exact) mass is 356 g/mol. The van der Waals surface area contributed by atoms with E-state index in [1.165, 1.54) is 10.5 Å². The van der Waals surface area contributed by atoms with E-state index in [0.29, 0.717) is 5.39 Å². The number of rotatable bonds is 5. The van der Waals surface area contributed by atoms with Crippen LogP contribution >= 0.6 is 23.5 Å². The van der Waals surface area contributed by atoms with Gasteiger partial charge in [-0.15, -0.1) is 11.8 Å². The van der Waals surface area contributed by atoms with E-state index >= 15 is 0 Å². The lowest BCUT2D eigenvalue weighted by molar-refractivity contribution is 0.519. The molecular formula is C19H20N2OS2. The molecule has 24 heavy (non-hydrogen) atoms. The summed E-state index contributed by atoms with van der Waals surface area (Å²) in [7, 11) is 0. The second-order valence-electron chi connectivity index (χ2n) is 5.82. The maximum absolute atomic E-state index is 12.8. The highest BCUT2D eigenvalue weighted by molar-refractivity contribution is 7.98. The maximum atomic E-state index is 12.8. The topological polar surface area (TPSA) is 34.9 Å². The van der Waals surface area contributed by atoms with Crippen molar-refractivity contribution in [3.63, 3.8) is 0 Å². The van der Waals surface area contributed by atoms with Crippen LogP contribution in [-0.2, 0) is 5.75 Å². The molecule has 5 heteroatoms. The van der Waals surface area contributed by atoms with Crippen molar-refractivity contribution in [2.24, 2.45) is 0 Å². The smallest absolute Gasteiger partial charge is 0.262 e. The molecule has 0 amide bonds. The largest absolute Gasteiger partial charge is 0.285 e. The zero-order chi connectivity index (χ0) is 17.1. The molecule has 3 aromatic rings. The highest BCUT2D eigenvalue weighted by Gasteiger charge is 2.13. The molecule has 2 aromatic carbocycles. The fourth-order valence-corrected chi connectivity index (χ4v) is 4.04. The summed E-state index contributed by atoms with van der Waals surface area (Å²) in [6.07, 6.45) is 2.07. The van der Waals surface area contributed by atoms with Gasteiger partial charge in [-0.3, -0.25) is 9.36 Å². The lowest BCUT2D eigenvalue weighted by atomic mass is 10.2. The molecular weight excluding hydrogens is 336 g/mol. The van der Waals surface area contributed by atoms with E-state index in [9.17, 15) is 4.79 Å². The van der Waals surface area contributed by atoms with Gasteiger partial charge in [0.1, 0.15) is 0 Å². The van der Waals surface area contributed by atoms with Gasteiger partial charge in [-0.2, -0.15) is 0 Å². The second kappa shape index (κ2) is 7.45. The third kappa shape index (κ3) is 3.52. The first-order chi connectivity index (χ1) is 11.6. The summed E-state index contributed by atoms with van der Waals surface area (Å²) in [5.41, 5.74) is 2.03. The van der Waals surface area contributed by atoms with E-state index < -0.39 is 0 Å². The minimum absolute atomic E-state index is 0.0378. The molecule has 0 fully saturated rings. The predicted molar refractivity (Wildman–Crippen MR) is 104 cm³/mol. The zero-order valence-electron chi connectivity index (χ0n) is 14.0. The molecule has 1 heterocycles. The molecule has 0 unspecified atom stereocenters. The first kappa shape index (κ1) is 17.1. The summed E-state index contributed by atoms with van der Waals surface area (Å²) in [4.78, 5) is 18.8. The molecule has 0 aliphatic heterocycles. The van der Waals surface area contributed by atoms with E-state index in [1.807, 2.05) is 38.1 Å². The lowest BCUT2D eigenvalue weighted by Crippen LogP contribution is -2.25. The molecule has 0 N–H and O–H groups in total. The van der Waals surface area contributed by atoms with Gasteiger partial charge in [-0.1, -0.05) is 36.0 Å². The van der Waals surface area contributed by atoms with Gasteiger partial charge in [-0.05, 0) is 49.9 Å². The first-order valence-corrected chi connectivity index (χ1v) is 10.1. The van der Waals surface area contributed by atoms with Gasteiger partial charge in [-0.25, -0.2) is 4.98 Å². The van der Waals surface area contributed by atoms with Crippen molar-refractivity contribution in [1.29, 1.82) is 0 Å². The third-order valence-corrected chi connectivity index (χ3v) is 5.59. The van der Waals surface area contributed by atoms with Crippen molar-refractivity contribution in [2.75, 3.05) is 6.26 Å². The van der Waals surface area contributed by atoms with Crippen molar-refractivity contribution in [1.82, 2.24) is 9.55 Å². The molecule has 3 nitrogen and oxygen atoms in total. The van der Waals surface area contributed by atoms with E-state index in [4.69, 9.17) is 4.98 Å². The Labute approximate surface area is 150 Å². The molecule has 0 aliphatic carbocycles. The first-order valence-electron chi connectivity index (χ1n) is 7.87. The van der Waals surface area contributed by atoms with Crippen molar-refractivity contribution in [3.8, 4) is 0 Å². The standard InChI is InChI=1S/C19H20N2OS2/c1-13(2)21-18(22)16-6-4-5-7-17(16)20-19(21)24-12-14-8-10-15(23-3)11-9-14/h4-11,13H,12H2,1-3H3. The van der Waals surface area contributed by atoms with E-state index in [0.717, 1.165) is 16.4 Å². The average molecular weight is 357 g/mol. The molecule has 0 saturated heterocycles. The molecule has 124 valence electrons. The zero-order valence-corrected chi connectivity index (χ0v) is 15.7. The fraction of sp³-hybridized carbons (Fsp3) is 0.263. The van der Waals surface area contributed by atoms with Gasteiger partial charge in [0, 0.05) is 16.7 Å². The maximum Gasteiger partial charge on any atom is 0.262 e. The van der Waals surface area contributed by atoms with Crippen molar-refractivity contribution in [3.05, 3.63) is 64.4 Å². The van der Waals surface area contributed by atoms with Gasteiger partial charge in [0.2, 0.25) is 0 Å². The normalized spacial score (nSPS) is 11.3. The molecule has 1 aromatic heterocycles. The molecule has 0 spiro atoms. The number of para-hydroxylation sites is 1. The molecule has 0 bridgehead atoms. The van der Waals surface area contributed by atoms with E-state index in [-0.39, 0.29) is 11.6 Å². The van der Waals surface area contributed by atoms with Gasteiger partial charge >= 0.3 is 0 Å². The van der Waals surface area contributed by atoms with Crippen molar-refractivity contribution in [2.45, 2.75) is 35.7 Å². The quantitative estimate of drug-likeness (QED) is 0.476. The second-order valence-corrected chi connectivity index (χ2v) is 7.64. The molecule has 3 rings (SSSR count). The summed E-state index contributed by atoms with van der Waals surface area (Å²) in [6.45, 7) is 4.05. The van der Waals surface area contributed by atoms with Crippen LogP contribution in [0, 0.1) is 0 Å². The molecule has 0 saturated carbocycles. The number of hydrogen-bond acceptors (Lipinski definition) is 4. The minimum atomic E-state index is 0.0378. The van der Waals surface area contributed by atoms with Crippen LogP contribution in [0.3, 0.4) is 0 Å². The highest BCUT2D eigenvalue weighted by atomic mass is 32.2. The van der Waals surface area contributed by atoms with E-state index in [1.54, 1.807) is 28.1 Å². The number of fused-ring (bicyclic) bond motifs is 1. The number of benzene rings is 2. The Bertz CT molecular complexity index is 901. The predicted octanol–water partition coefficient (Wildman–Crippen LogP) is 4.99. The van der Waals surface area contributed by atoms with Crippen LogP contribution in [0.15, 0.2) is 63.4 Å². The number of aromatic nitrogens is 2. The number of thioether (sulfide) groups is 2. The number of nitrogens with zero attached hydrogens (tertiary/aromatic N) is 2. The average Bonchev–Trinajstić information content (AvgIpc) is 2.60. The molecule has 0 aliphatic rings. The lowest BCUT2D eigenvalue weighted by Gasteiger charge is -2.16. The van der Waals surface area contributed by atoms with Gasteiger partial charge < -0.3 is 0 Å². The highest BCUT2D eigenvalue weighted by Crippen LogP contribution is 2.25. The Balaban J connectivity index is 1.95. The Hall–Kier alpha value is -1.72. The van der Waals surface area contributed by atoms with Crippen LogP contribution in [0.1, 0.15) is 25.5 Å². The van der Waals surface area contributed by atoms with E-state index in [2.05, 4.69) is 30.5 Å². The van der Waals surface area contributed by atoms with Crippen LogP contribution in [0.4, 0.5) is 0 Å². The fourth-order valence-electron chi connectivity index (χ4n) is 2.55. The Morgan fingerprint density at radius 1 is 1.08 bits per heavy atom. The van der Waals surface area contributed by atoms with Crippen molar-refractivity contribution < 1.29 is 0 Å². The Morgan fingerprint density at radius 2 is 1.79 bits per heavy atom. The summed E-state index contributed by atoms with van der Waals surface area (Å²) >= 11 is 3.35. The van der Waals surface area contributed by atoms with Crippen LogP contribution in [0.2, 0.25) is 0 Å². The number of hydrogen-bond donors (Lipinski definition) is 0. The van der Waals surface area contributed by atoms with Crippen LogP contribution < -0.4 is 5.56 Å². The Kier molecular flexibility index (Phi) is 5.31. The summed E-state index contributed by atoms with van der Waals surface area (Å²) < 4.78 is 1.79. The van der Waals surface area contributed by atoms with Gasteiger partial charge in [0.25, 0.3) is 5.56 Å². The molecule has 0 radical (unpaired) electrons.